The molecular formula is C14H17N3O. The molecule has 0 spiro atoms. The van der Waals surface area contributed by atoms with Gasteiger partial charge in [-0.15, -0.1) is 0 Å². The number of nitrogens with zero attached hydrogens (tertiary/aromatic N) is 2. The first-order valence-electron chi connectivity index (χ1n) is 6.36. The number of likely N-dealkylation sites (tertiary alicyclic amines) is 1. The van der Waals surface area contributed by atoms with E-state index in [-0.39, 0.29) is 0 Å². The highest BCUT2D eigenvalue weighted by atomic mass is 16.5. The molecule has 0 radical (unpaired) electrons. The Kier molecular flexibility index (Phi) is 3.02. The Balaban J connectivity index is 1.89. The first-order valence-corrected chi connectivity index (χ1v) is 6.36. The molecule has 0 unspecified atom stereocenters. The highest BCUT2D eigenvalue weighted by molar-refractivity contribution is 5.65. The van der Waals surface area contributed by atoms with E-state index in [1.807, 2.05) is 6.07 Å². The van der Waals surface area contributed by atoms with Crippen molar-refractivity contribution >= 4 is 5.88 Å². The Hall–Kier alpha value is -1.81. The largest absolute Gasteiger partial charge is 0.368 e. The van der Waals surface area contributed by atoms with Gasteiger partial charge < -0.3 is 10.3 Å². The van der Waals surface area contributed by atoms with Gasteiger partial charge in [-0.25, -0.2) is 0 Å². The minimum atomic E-state index is 0.362. The summed E-state index contributed by atoms with van der Waals surface area (Å²) in [6, 6.07) is 10.1. The third kappa shape index (κ3) is 2.24. The monoisotopic (exact) mass is 243 g/mol. The van der Waals surface area contributed by atoms with Crippen LogP contribution in [0, 0.1) is 0 Å². The lowest BCUT2D eigenvalue weighted by Gasteiger charge is -2.16. The third-order valence-electron chi connectivity index (χ3n) is 3.41. The van der Waals surface area contributed by atoms with Crippen LogP contribution in [0.2, 0.25) is 0 Å². The van der Waals surface area contributed by atoms with Gasteiger partial charge in [0.15, 0.2) is 0 Å². The molecule has 2 heterocycles. The van der Waals surface area contributed by atoms with Crippen molar-refractivity contribution in [2.24, 2.45) is 0 Å². The molecule has 1 aliphatic rings. The summed E-state index contributed by atoms with van der Waals surface area (Å²) in [5.41, 5.74) is 8.81. The molecule has 0 aliphatic carbocycles. The van der Waals surface area contributed by atoms with Crippen LogP contribution in [0.5, 0.6) is 0 Å². The van der Waals surface area contributed by atoms with E-state index in [0.717, 1.165) is 17.8 Å². The number of nitrogen functional groups attached to an aromatic ring is 1. The lowest BCUT2D eigenvalue weighted by atomic mass is 10.0. The van der Waals surface area contributed by atoms with Crippen molar-refractivity contribution in [3.63, 3.8) is 0 Å². The van der Waals surface area contributed by atoms with Crippen LogP contribution < -0.4 is 5.73 Å². The lowest BCUT2D eigenvalue weighted by Crippen LogP contribution is -2.18. The lowest BCUT2D eigenvalue weighted by molar-refractivity contribution is 0.332. The van der Waals surface area contributed by atoms with E-state index in [1.54, 1.807) is 6.07 Å². The van der Waals surface area contributed by atoms with Crippen molar-refractivity contribution in [3.05, 3.63) is 35.9 Å². The summed E-state index contributed by atoms with van der Waals surface area (Å²) in [5, 5.41) is 4.00. The summed E-state index contributed by atoms with van der Waals surface area (Å²) in [6.07, 6.45) is 2.61. The third-order valence-corrected chi connectivity index (χ3v) is 3.41. The molecule has 2 N–H and O–H groups in total. The summed E-state index contributed by atoms with van der Waals surface area (Å²) in [5.74, 6) is 0.362. The molecular weight excluding hydrogens is 226 g/mol. The van der Waals surface area contributed by atoms with Gasteiger partial charge in [-0.1, -0.05) is 29.4 Å². The van der Waals surface area contributed by atoms with Crippen molar-refractivity contribution in [2.75, 3.05) is 18.8 Å². The SMILES string of the molecule is Nc1cc(-c2ccccc2CN2CCCC2)no1. The molecule has 18 heavy (non-hydrogen) atoms. The Morgan fingerprint density at radius 3 is 2.72 bits per heavy atom. The van der Waals surface area contributed by atoms with E-state index in [4.69, 9.17) is 10.3 Å². The first kappa shape index (κ1) is 11.3. The van der Waals surface area contributed by atoms with Gasteiger partial charge in [0.2, 0.25) is 5.88 Å². The number of hydrogen-bond acceptors (Lipinski definition) is 4. The molecule has 3 rings (SSSR count). The van der Waals surface area contributed by atoms with Gasteiger partial charge in [0, 0.05) is 18.2 Å². The molecule has 0 amide bonds. The van der Waals surface area contributed by atoms with Gasteiger partial charge in [-0.05, 0) is 31.5 Å². The number of aromatic nitrogens is 1. The minimum Gasteiger partial charge on any atom is -0.368 e. The van der Waals surface area contributed by atoms with Crippen molar-refractivity contribution in [1.82, 2.24) is 10.1 Å². The van der Waals surface area contributed by atoms with Crippen LogP contribution in [0.3, 0.4) is 0 Å². The zero-order chi connectivity index (χ0) is 12.4. The molecule has 1 aromatic carbocycles. The number of hydrogen-bond donors (Lipinski definition) is 1. The zero-order valence-corrected chi connectivity index (χ0v) is 10.3. The normalized spacial score (nSPS) is 16.2. The number of benzene rings is 1. The van der Waals surface area contributed by atoms with Gasteiger partial charge in [-0.2, -0.15) is 0 Å². The van der Waals surface area contributed by atoms with Crippen molar-refractivity contribution in [2.45, 2.75) is 19.4 Å². The Labute approximate surface area is 106 Å². The van der Waals surface area contributed by atoms with Crippen molar-refractivity contribution in [3.8, 4) is 11.3 Å². The quantitative estimate of drug-likeness (QED) is 0.900. The molecule has 0 saturated carbocycles. The van der Waals surface area contributed by atoms with Gasteiger partial charge in [-0.3, -0.25) is 4.90 Å². The number of nitrogens with two attached hydrogens (primary N) is 1. The standard InChI is InChI=1S/C14H17N3O/c15-14-9-13(16-18-14)12-6-2-1-5-11(12)10-17-7-3-4-8-17/h1-2,5-6,9H,3-4,7-8,10,15H2. The summed E-state index contributed by atoms with van der Waals surface area (Å²) >= 11 is 0. The Morgan fingerprint density at radius 1 is 1.22 bits per heavy atom. The Bertz CT molecular complexity index is 529. The molecule has 94 valence electrons. The highest BCUT2D eigenvalue weighted by Crippen LogP contribution is 2.26. The molecule has 0 bridgehead atoms. The molecule has 1 saturated heterocycles. The van der Waals surface area contributed by atoms with Crippen molar-refractivity contribution < 1.29 is 4.52 Å². The van der Waals surface area contributed by atoms with Crippen LogP contribution >= 0.6 is 0 Å². The second kappa shape index (κ2) is 4.82. The topological polar surface area (TPSA) is 55.3 Å². The van der Waals surface area contributed by atoms with E-state index >= 15 is 0 Å². The average molecular weight is 243 g/mol. The summed E-state index contributed by atoms with van der Waals surface area (Å²) < 4.78 is 4.96. The second-order valence-electron chi connectivity index (χ2n) is 4.75. The molecule has 4 nitrogen and oxygen atoms in total. The first-order chi connectivity index (χ1) is 8.83. The van der Waals surface area contributed by atoms with Gasteiger partial charge in [0.05, 0.1) is 0 Å². The second-order valence-corrected chi connectivity index (χ2v) is 4.75. The van der Waals surface area contributed by atoms with Crippen LogP contribution in [0.15, 0.2) is 34.9 Å². The zero-order valence-electron chi connectivity index (χ0n) is 10.3. The molecule has 1 fully saturated rings. The van der Waals surface area contributed by atoms with Crippen molar-refractivity contribution in [1.29, 1.82) is 0 Å². The minimum absolute atomic E-state index is 0.362. The average Bonchev–Trinajstić information content (AvgIpc) is 3.02. The highest BCUT2D eigenvalue weighted by Gasteiger charge is 2.15. The molecule has 1 aliphatic heterocycles. The summed E-state index contributed by atoms with van der Waals surface area (Å²) in [4.78, 5) is 2.47. The van der Waals surface area contributed by atoms with Crippen LogP contribution in [0.4, 0.5) is 5.88 Å². The Morgan fingerprint density at radius 2 is 2.00 bits per heavy atom. The summed E-state index contributed by atoms with van der Waals surface area (Å²) in [6.45, 7) is 3.35. The van der Waals surface area contributed by atoms with Crippen LogP contribution in [-0.2, 0) is 6.54 Å². The fourth-order valence-corrected chi connectivity index (χ4v) is 2.51. The molecule has 2 aromatic rings. The fraction of sp³-hybridized carbons (Fsp3) is 0.357. The molecule has 0 atom stereocenters. The van der Waals surface area contributed by atoms with Gasteiger partial charge in [0.1, 0.15) is 5.69 Å². The van der Waals surface area contributed by atoms with E-state index < -0.39 is 0 Å². The van der Waals surface area contributed by atoms with E-state index in [2.05, 4.69) is 28.3 Å². The smallest absolute Gasteiger partial charge is 0.222 e. The van der Waals surface area contributed by atoms with Crippen LogP contribution in [0.25, 0.3) is 11.3 Å². The molecule has 4 heteroatoms. The van der Waals surface area contributed by atoms with Crippen LogP contribution in [0.1, 0.15) is 18.4 Å². The van der Waals surface area contributed by atoms with Gasteiger partial charge >= 0.3 is 0 Å². The number of rotatable bonds is 3. The summed E-state index contributed by atoms with van der Waals surface area (Å²) in [7, 11) is 0. The molecule has 1 aromatic heterocycles. The maximum atomic E-state index is 5.59. The predicted octanol–water partition coefficient (Wildman–Crippen LogP) is 2.52. The number of anilines is 1. The predicted molar refractivity (Wildman–Crippen MR) is 70.9 cm³/mol. The van der Waals surface area contributed by atoms with E-state index in [9.17, 15) is 0 Å². The maximum absolute atomic E-state index is 5.59. The maximum Gasteiger partial charge on any atom is 0.222 e. The van der Waals surface area contributed by atoms with E-state index in [1.165, 1.54) is 31.5 Å². The van der Waals surface area contributed by atoms with Crippen LogP contribution in [-0.4, -0.2) is 23.1 Å². The van der Waals surface area contributed by atoms with E-state index in [0.29, 0.717) is 5.88 Å². The van der Waals surface area contributed by atoms with Gasteiger partial charge in [0.25, 0.3) is 0 Å². The fourth-order valence-electron chi connectivity index (χ4n) is 2.51.